The highest BCUT2D eigenvalue weighted by Crippen LogP contribution is 2.24. The van der Waals surface area contributed by atoms with Crippen LogP contribution in [-0.2, 0) is 16.0 Å². The summed E-state index contributed by atoms with van der Waals surface area (Å²) >= 11 is 2.65. The van der Waals surface area contributed by atoms with Crippen LogP contribution in [0.25, 0.3) is 0 Å². The van der Waals surface area contributed by atoms with Crippen molar-refractivity contribution >= 4 is 39.9 Å². The van der Waals surface area contributed by atoms with Crippen molar-refractivity contribution < 1.29 is 18.7 Å². The van der Waals surface area contributed by atoms with Crippen LogP contribution in [0.15, 0.2) is 39.3 Å². The second kappa shape index (κ2) is 10.1. The Bertz CT molecular complexity index is 895. The molecule has 0 radical (unpaired) electrons. The Morgan fingerprint density at radius 3 is 2.79 bits per heavy atom. The number of thiazole rings is 1. The molecule has 0 saturated heterocycles. The van der Waals surface area contributed by atoms with E-state index in [0.29, 0.717) is 30.7 Å². The van der Waals surface area contributed by atoms with Crippen molar-refractivity contribution in [3.05, 3.63) is 41.2 Å². The van der Waals surface area contributed by atoms with Crippen molar-refractivity contribution in [1.29, 1.82) is 0 Å². The van der Waals surface area contributed by atoms with E-state index < -0.39 is 0 Å². The molecule has 0 saturated carbocycles. The van der Waals surface area contributed by atoms with Crippen molar-refractivity contribution in [3.63, 3.8) is 0 Å². The Morgan fingerprint density at radius 2 is 2.04 bits per heavy atom. The van der Waals surface area contributed by atoms with Gasteiger partial charge in [-0.15, -0.1) is 21.5 Å². The molecule has 0 aliphatic rings. The van der Waals surface area contributed by atoms with Gasteiger partial charge in [0.15, 0.2) is 5.13 Å². The zero-order valence-corrected chi connectivity index (χ0v) is 17.1. The highest BCUT2D eigenvalue weighted by atomic mass is 32.2. The number of carbonyl (C=O) groups is 1. The molecule has 3 aromatic rings. The summed E-state index contributed by atoms with van der Waals surface area (Å²) in [5.41, 5.74) is 1.75. The average molecular weight is 421 g/mol. The van der Waals surface area contributed by atoms with Gasteiger partial charge in [0.05, 0.1) is 25.3 Å². The number of nitrogens with zero attached hydrogens (tertiary/aromatic N) is 3. The molecule has 0 unspecified atom stereocenters. The first-order chi connectivity index (χ1) is 13.7. The first-order valence-electron chi connectivity index (χ1n) is 8.71. The number of anilines is 2. The third-order valence-corrected chi connectivity index (χ3v) is 4.97. The fourth-order valence-corrected chi connectivity index (χ4v) is 3.53. The van der Waals surface area contributed by atoms with Gasteiger partial charge in [-0.25, -0.2) is 4.98 Å². The van der Waals surface area contributed by atoms with Gasteiger partial charge in [0.25, 0.3) is 5.22 Å². The summed E-state index contributed by atoms with van der Waals surface area (Å²) in [6.45, 7) is 4.71. The van der Waals surface area contributed by atoms with Crippen LogP contribution in [-0.4, -0.2) is 40.1 Å². The number of rotatable bonds is 10. The first-order valence-corrected chi connectivity index (χ1v) is 10.6. The van der Waals surface area contributed by atoms with Crippen LogP contribution in [0.1, 0.15) is 25.4 Å². The zero-order valence-electron chi connectivity index (χ0n) is 15.5. The SMILES string of the molecule is CCOC(=O)CSc1nnc(Cc2csc(Nc3ccc(OCC)cc3)n2)o1. The molecule has 0 fully saturated rings. The van der Waals surface area contributed by atoms with Gasteiger partial charge in [-0.1, -0.05) is 11.8 Å². The number of carbonyl (C=O) groups excluding carboxylic acids is 1. The molecule has 3 rings (SSSR count). The molecule has 2 aromatic heterocycles. The number of ether oxygens (including phenoxy) is 2. The largest absolute Gasteiger partial charge is 0.494 e. The fourth-order valence-electron chi connectivity index (χ4n) is 2.22. The summed E-state index contributed by atoms with van der Waals surface area (Å²) in [6, 6.07) is 7.71. The molecule has 0 spiro atoms. The minimum Gasteiger partial charge on any atom is -0.494 e. The second-order valence-corrected chi connectivity index (χ2v) is 7.24. The van der Waals surface area contributed by atoms with E-state index in [1.807, 2.05) is 36.6 Å². The van der Waals surface area contributed by atoms with E-state index in [1.54, 1.807) is 6.92 Å². The molecule has 1 aromatic carbocycles. The van der Waals surface area contributed by atoms with Crippen molar-refractivity contribution in [3.8, 4) is 5.75 Å². The third kappa shape index (κ3) is 5.96. The van der Waals surface area contributed by atoms with E-state index in [9.17, 15) is 4.79 Å². The normalized spacial score (nSPS) is 10.6. The number of aromatic nitrogens is 3. The maximum Gasteiger partial charge on any atom is 0.316 e. The van der Waals surface area contributed by atoms with Gasteiger partial charge in [-0.05, 0) is 38.1 Å². The van der Waals surface area contributed by atoms with Crippen molar-refractivity contribution in [2.45, 2.75) is 25.5 Å². The Balaban J connectivity index is 1.52. The van der Waals surface area contributed by atoms with Gasteiger partial charge < -0.3 is 19.2 Å². The highest BCUT2D eigenvalue weighted by molar-refractivity contribution is 7.99. The Hall–Kier alpha value is -2.59. The monoisotopic (exact) mass is 420 g/mol. The quantitative estimate of drug-likeness (QED) is 0.386. The Kier molecular flexibility index (Phi) is 7.26. The topological polar surface area (TPSA) is 99.4 Å². The van der Waals surface area contributed by atoms with Gasteiger partial charge in [-0.2, -0.15) is 0 Å². The van der Waals surface area contributed by atoms with Gasteiger partial charge in [-0.3, -0.25) is 4.79 Å². The van der Waals surface area contributed by atoms with Crippen LogP contribution >= 0.6 is 23.1 Å². The molecule has 0 amide bonds. The van der Waals surface area contributed by atoms with Gasteiger partial charge >= 0.3 is 5.97 Å². The number of thioether (sulfide) groups is 1. The van der Waals surface area contributed by atoms with Crippen LogP contribution in [0.2, 0.25) is 0 Å². The summed E-state index contributed by atoms with van der Waals surface area (Å²) < 4.78 is 15.8. The third-order valence-electron chi connectivity index (χ3n) is 3.37. The predicted octanol–water partition coefficient (Wildman–Crippen LogP) is 3.91. The maximum absolute atomic E-state index is 11.4. The lowest BCUT2D eigenvalue weighted by Gasteiger charge is -2.05. The predicted molar refractivity (Wildman–Crippen MR) is 107 cm³/mol. The number of benzene rings is 1. The number of hydrogen-bond acceptors (Lipinski definition) is 10. The molecule has 8 nitrogen and oxygen atoms in total. The Morgan fingerprint density at radius 1 is 1.21 bits per heavy atom. The van der Waals surface area contributed by atoms with Gasteiger partial charge in [0, 0.05) is 11.1 Å². The van der Waals surface area contributed by atoms with E-state index in [4.69, 9.17) is 13.9 Å². The smallest absolute Gasteiger partial charge is 0.316 e. The van der Waals surface area contributed by atoms with Crippen LogP contribution in [0.3, 0.4) is 0 Å². The molecule has 0 atom stereocenters. The lowest BCUT2D eigenvalue weighted by molar-refractivity contribution is -0.139. The zero-order chi connectivity index (χ0) is 19.8. The number of esters is 1. The molecule has 1 N–H and O–H groups in total. The number of hydrogen-bond donors (Lipinski definition) is 1. The molecule has 28 heavy (non-hydrogen) atoms. The van der Waals surface area contributed by atoms with Gasteiger partial charge in [0.2, 0.25) is 5.89 Å². The number of nitrogens with one attached hydrogen (secondary N) is 1. The minimum absolute atomic E-state index is 0.141. The van der Waals surface area contributed by atoms with Crippen molar-refractivity contribution in [2.75, 3.05) is 24.3 Å². The minimum atomic E-state index is -0.309. The van der Waals surface area contributed by atoms with Crippen molar-refractivity contribution in [2.24, 2.45) is 0 Å². The van der Waals surface area contributed by atoms with Gasteiger partial charge in [0.1, 0.15) is 11.5 Å². The molecular formula is C18H20N4O4S2. The fraction of sp³-hybridized carbons (Fsp3) is 0.333. The lowest BCUT2D eigenvalue weighted by atomic mass is 10.3. The maximum atomic E-state index is 11.4. The van der Waals surface area contributed by atoms with E-state index in [-0.39, 0.29) is 11.7 Å². The summed E-state index contributed by atoms with van der Waals surface area (Å²) in [5, 5.41) is 14.2. The van der Waals surface area contributed by atoms with Crippen LogP contribution in [0.5, 0.6) is 5.75 Å². The van der Waals surface area contributed by atoms with E-state index in [2.05, 4.69) is 20.5 Å². The van der Waals surface area contributed by atoms with Crippen LogP contribution in [0, 0.1) is 0 Å². The van der Waals surface area contributed by atoms with Crippen LogP contribution in [0.4, 0.5) is 10.8 Å². The second-order valence-electron chi connectivity index (χ2n) is 5.46. The van der Waals surface area contributed by atoms with E-state index in [0.717, 1.165) is 34.0 Å². The highest BCUT2D eigenvalue weighted by Gasteiger charge is 2.12. The molecule has 10 heteroatoms. The Labute approximate surface area is 170 Å². The summed E-state index contributed by atoms with van der Waals surface area (Å²) in [5.74, 6) is 1.12. The molecular weight excluding hydrogens is 400 g/mol. The van der Waals surface area contributed by atoms with E-state index in [1.165, 1.54) is 11.3 Å². The molecule has 0 aliphatic carbocycles. The van der Waals surface area contributed by atoms with Crippen LogP contribution < -0.4 is 10.1 Å². The lowest BCUT2D eigenvalue weighted by Crippen LogP contribution is -2.06. The molecule has 0 aliphatic heterocycles. The summed E-state index contributed by atoms with van der Waals surface area (Å²) in [6.07, 6.45) is 0.425. The average Bonchev–Trinajstić information content (AvgIpc) is 3.32. The molecule has 148 valence electrons. The summed E-state index contributed by atoms with van der Waals surface area (Å²) in [7, 11) is 0. The first kappa shape index (κ1) is 20.2. The van der Waals surface area contributed by atoms with E-state index >= 15 is 0 Å². The standard InChI is InChI=1S/C18H20N4O4S2/c1-3-24-14-7-5-12(6-8-14)19-17-20-13(10-27-17)9-15-21-22-18(26-15)28-11-16(23)25-4-2/h5-8,10H,3-4,9,11H2,1-2H3,(H,19,20). The molecule has 2 heterocycles. The molecule has 0 bridgehead atoms. The summed E-state index contributed by atoms with van der Waals surface area (Å²) in [4.78, 5) is 15.9. The van der Waals surface area contributed by atoms with Crippen molar-refractivity contribution in [1.82, 2.24) is 15.2 Å².